The summed E-state index contributed by atoms with van der Waals surface area (Å²) in [6.45, 7) is 1.35. The molecule has 2 rings (SSSR count). The number of anilines is 1. The van der Waals surface area contributed by atoms with Crippen LogP contribution in [0.4, 0.5) is 5.69 Å². The third-order valence-electron chi connectivity index (χ3n) is 2.75. The molecule has 0 radical (unpaired) electrons. The fourth-order valence-electron chi connectivity index (χ4n) is 2.00. The molecule has 0 unspecified atom stereocenters. The number of benzene rings is 1. The van der Waals surface area contributed by atoms with Gasteiger partial charge in [-0.25, -0.2) is 0 Å². The highest BCUT2D eigenvalue weighted by Gasteiger charge is 2.23. The minimum absolute atomic E-state index is 0.270. The molecule has 0 bridgehead atoms. The lowest BCUT2D eigenvalue weighted by atomic mass is 10.2. The summed E-state index contributed by atoms with van der Waals surface area (Å²) in [5, 5.41) is 9.21. The summed E-state index contributed by atoms with van der Waals surface area (Å²) in [4.78, 5) is 2.30. The van der Waals surface area contributed by atoms with Gasteiger partial charge in [-0.2, -0.15) is 0 Å². The SMILES string of the molecule is OC[C@@H]1CCCN1c1ccc(I)cc1. The Morgan fingerprint density at radius 2 is 2.07 bits per heavy atom. The zero-order chi connectivity index (χ0) is 9.97. The van der Waals surface area contributed by atoms with Gasteiger partial charge in [0, 0.05) is 15.8 Å². The molecular formula is C11H14INO. The first-order chi connectivity index (χ1) is 6.81. The topological polar surface area (TPSA) is 23.5 Å². The normalized spacial score (nSPS) is 21.6. The maximum Gasteiger partial charge on any atom is 0.0635 e. The van der Waals surface area contributed by atoms with Crippen molar-refractivity contribution in [3.63, 3.8) is 0 Å². The molecule has 1 heterocycles. The summed E-state index contributed by atoms with van der Waals surface area (Å²) in [5.41, 5.74) is 1.24. The van der Waals surface area contributed by atoms with Gasteiger partial charge in [-0.05, 0) is 59.7 Å². The fraction of sp³-hybridized carbons (Fsp3) is 0.455. The zero-order valence-electron chi connectivity index (χ0n) is 7.99. The molecule has 0 aromatic heterocycles. The van der Waals surface area contributed by atoms with Crippen LogP contribution in [0.15, 0.2) is 24.3 Å². The average Bonchev–Trinajstić information content (AvgIpc) is 2.67. The maximum absolute atomic E-state index is 9.21. The van der Waals surface area contributed by atoms with E-state index in [9.17, 15) is 5.11 Å². The van der Waals surface area contributed by atoms with E-state index in [2.05, 4.69) is 51.8 Å². The number of aliphatic hydroxyl groups excluding tert-OH is 1. The lowest BCUT2D eigenvalue weighted by Crippen LogP contribution is -2.31. The van der Waals surface area contributed by atoms with E-state index in [1.54, 1.807) is 0 Å². The Morgan fingerprint density at radius 1 is 1.36 bits per heavy atom. The van der Waals surface area contributed by atoms with E-state index in [0.29, 0.717) is 6.04 Å². The molecule has 1 N–H and O–H groups in total. The molecule has 0 saturated carbocycles. The van der Waals surface area contributed by atoms with E-state index >= 15 is 0 Å². The second-order valence-corrected chi connectivity index (χ2v) is 4.89. The van der Waals surface area contributed by atoms with Gasteiger partial charge < -0.3 is 10.0 Å². The van der Waals surface area contributed by atoms with Crippen LogP contribution in [0.2, 0.25) is 0 Å². The van der Waals surface area contributed by atoms with Crippen LogP contribution in [0, 0.1) is 3.57 Å². The van der Waals surface area contributed by atoms with Gasteiger partial charge in [0.1, 0.15) is 0 Å². The molecule has 14 heavy (non-hydrogen) atoms. The molecule has 0 aliphatic carbocycles. The van der Waals surface area contributed by atoms with Crippen molar-refractivity contribution in [3.05, 3.63) is 27.8 Å². The van der Waals surface area contributed by atoms with Crippen LogP contribution in [0.5, 0.6) is 0 Å². The second-order valence-electron chi connectivity index (χ2n) is 3.65. The summed E-state index contributed by atoms with van der Waals surface area (Å²) in [7, 11) is 0. The monoisotopic (exact) mass is 303 g/mol. The van der Waals surface area contributed by atoms with Crippen LogP contribution in [-0.2, 0) is 0 Å². The van der Waals surface area contributed by atoms with Crippen molar-refractivity contribution in [2.75, 3.05) is 18.1 Å². The van der Waals surface area contributed by atoms with Gasteiger partial charge in [0.25, 0.3) is 0 Å². The highest BCUT2D eigenvalue weighted by atomic mass is 127. The average molecular weight is 303 g/mol. The molecule has 1 fully saturated rings. The van der Waals surface area contributed by atoms with Crippen molar-refractivity contribution in [2.45, 2.75) is 18.9 Å². The summed E-state index contributed by atoms with van der Waals surface area (Å²) >= 11 is 2.31. The van der Waals surface area contributed by atoms with Gasteiger partial charge in [-0.1, -0.05) is 0 Å². The summed E-state index contributed by atoms with van der Waals surface area (Å²) in [5.74, 6) is 0. The number of hydrogen-bond acceptors (Lipinski definition) is 2. The molecule has 1 aromatic rings. The number of rotatable bonds is 2. The van der Waals surface area contributed by atoms with Crippen molar-refractivity contribution in [1.29, 1.82) is 0 Å². The van der Waals surface area contributed by atoms with Crippen molar-refractivity contribution in [3.8, 4) is 0 Å². The van der Waals surface area contributed by atoms with Gasteiger partial charge in [0.2, 0.25) is 0 Å². The molecule has 0 spiro atoms. The Kier molecular flexibility index (Phi) is 3.28. The van der Waals surface area contributed by atoms with Crippen molar-refractivity contribution in [1.82, 2.24) is 0 Å². The largest absolute Gasteiger partial charge is 0.394 e. The predicted molar refractivity (Wildman–Crippen MR) is 66.6 cm³/mol. The molecule has 1 aliphatic rings. The number of aliphatic hydroxyl groups is 1. The van der Waals surface area contributed by atoms with Crippen molar-refractivity contribution >= 4 is 28.3 Å². The molecule has 2 nitrogen and oxygen atoms in total. The van der Waals surface area contributed by atoms with Crippen LogP contribution in [0.3, 0.4) is 0 Å². The molecule has 1 aliphatic heterocycles. The zero-order valence-corrected chi connectivity index (χ0v) is 10.1. The van der Waals surface area contributed by atoms with E-state index in [0.717, 1.165) is 13.0 Å². The van der Waals surface area contributed by atoms with E-state index in [1.807, 2.05) is 0 Å². The molecule has 1 saturated heterocycles. The first-order valence-electron chi connectivity index (χ1n) is 4.94. The minimum Gasteiger partial charge on any atom is -0.394 e. The molecule has 1 atom stereocenters. The smallest absolute Gasteiger partial charge is 0.0635 e. The first kappa shape index (κ1) is 10.2. The second kappa shape index (κ2) is 4.49. The standard InChI is InChI=1S/C11H14INO/c12-9-3-5-10(6-4-9)13-7-1-2-11(13)8-14/h3-6,11,14H,1-2,7-8H2/t11-/m0/s1. The van der Waals surface area contributed by atoms with E-state index in [1.165, 1.54) is 15.7 Å². The molecule has 1 aromatic carbocycles. The van der Waals surface area contributed by atoms with Gasteiger partial charge in [-0.15, -0.1) is 0 Å². The van der Waals surface area contributed by atoms with Crippen molar-refractivity contribution in [2.24, 2.45) is 0 Å². The molecular weight excluding hydrogens is 289 g/mol. The lowest BCUT2D eigenvalue weighted by Gasteiger charge is -2.25. The number of nitrogens with zero attached hydrogens (tertiary/aromatic N) is 1. The van der Waals surface area contributed by atoms with Gasteiger partial charge in [-0.3, -0.25) is 0 Å². The summed E-state index contributed by atoms with van der Waals surface area (Å²) in [6.07, 6.45) is 2.31. The highest BCUT2D eigenvalue weighted by molar-refractivity contribution is 14.1. The van der Waals surface area contributed by atoms with E-state index in [4.69, 9.17) is 0 Å². The summed E-state index contributed by atoms with van der Waals surface area (Å²) < 4.78 is 1.26. The molecule has 76 valence electrons. The van der Waals surface area contributed by atoms with Gasteiger partial charge >= 0.3 is 0 Å². The van der Waals surface area contributed by atoms with Crippen molar-refractivity contribution < 1.29 is 5.11 Å². The highest BCUT2D eigenvalue weighted by Crippen LogP contribution is 2.25. The third-order valence-corrected chi connectivity index (χ3v) is 3.47. The number of halogens is 1. The predicted octanol–water partition coefficient (Wildman–Crippen LogP) is 2.25. The summed E-state index contributed by atoms with van der Waals surface area (Å²) in [6, 6.07) is 8.83. The fourth-order valence-corrected chi connectivity index (χ4v) is 2.36. The van der Waals surface area contributed by atoms with Crippen LogP contribution in [0.1, 0.15) is 12.8 Å². The molecule has 3 heteroatoms. The lowest BCUT2D eigenvalue weighted by molar-refractivity contribution is 0.266. The minimum atomic E-state index is 0.270. The van der Waals surface area contributed by atoms with Gasteiger partial charge in [0.15, 0.2) is 0 Å². The van der Waals surface area contributed by atoms with Crippen LogP contribution in [-0.4, -0.2) is 24.3 Å². The van der Waals surface area contributed by atoms with Gasteiger partial charge in [0.05, 0.1) is 12.6 Å². The van der Waals surface area contributed by atoms with E-state index in [-0.39, 0.29) is 6.61 Å². The third kappa shape index (κ3) is 2.03. The quantitative estimate of drug-likeness (QED) is 0.847. The Bertz CT molecular complexity index is 299. The Morgan fingerprint density at radius 3 is 2.71 bits per heavy atom. The van der Waals surface area contributed by atoms with Crippen LogP contribution < -0.4 is 4.90 Å². The first-order valence-corrected chi connectivity index (χ1v) is 6.02. The Hall–Kier alpha value is -0.290. The van der Waals surface area contributed by atoms with E-state index < -0.39 is 0 Å². The molecule has 0 amide bonds. The Balaban J connectivity index is 2.17. The Labute approximate surface area is 98.1 Å². The maximum atomic E-state index is 9.21. The van der Waals surface area contributed by atoms with Crippen LogP contribution >= 0.6 is 22.6 Å². The van der Waals surface area contributed by atoms with Crippen LogP contribution in [0.25, 0.3) is 0 Å². The number of hydrogen-bond donors (Lipinski definition) is 1.